The van der Waals surface area contributed by atoms with Gasteiger partial charge in [-0.25, -0.2) is 9.78 Å². The number of rotatable bonds is 4. The van der Waals surface area contributed by atoms with Crippen LogP contribution in [0.4, 0.5) is 4.79 Å². The van der Waals surface area contributed by atoms with Gasteiger partial charge in [0.2, 0.25) is 0 Å². The molecule has 0 atom stereocenters. The zero-order valence-electron chi connectivity index (χ0n) is 13.2. The second kappa shape index (κ2) is 8.02. The standard InChI is InChI=1S/C18H19ClN2O3/c19-17-7-6-16(12-20-17)24-15-8-10-21(11-9-15)18(22)23-13-14-4-2-1-3-5-14/h1-7,12,15H,8-11,13H2. The first-order valence-corrected chi connectivity index (χ1v) is 8.32. The molecule has 1 aliphatic heterocycles. The molecule has 1 saturated heterocycles. The molecule has 0 aliphatic carbocycles. The molecule has 0 saturated carbocycles. The molecule has 0 N–H and O–H groups in total. The molecular weight excluding hydrogens is 328 g/mol. The molecule has 1 aromatic carbocycles. The topological polar surface area (TPSA) is 51.7 Å². The zero-order valence-corrected chi connectivity index (χ0v) is 14.0. The minimum atomic E-state index is -0.273. The van der Waals surface area contributed by atoms with Crippen molar-refractivity contribution in [3.63, 3.8) is 0 Å². The van der Waals surface area contributed by atoms with Crippen molar-refractivity contribution in [1.29, 1.82) is 0 Å². The molecule has 24 heavy (non-hydrogen) atoms. The molecule has 0 unspecified atom stereocenters. The fourth-order valence-electron chi connectivity index (χ4n) is 2.59. The number of halogens is 1. The van der Waals surface area contributed by atoms with Gasteiger partial charge in [-0.2, -0.15) is 0 Å². The summed E-state index contributed by atoms with van der Waals surface area (Å²) in [7, 11) is 0. The molecule has 1 amide bonds. The van der Waals surface area contributed by atoms with Crippen LogP contribution in [0.15, 0.2) is 48.7 Å². The van der Waals surface area contributed by atoms with E-state index in [4.69, 9.17) is 21.1 Å². The number of piperidine rings is 1. The van der Waals surface area contributed by atoms with Gasteiger partial charge in [-0.3, -0.25) is 0 Å². The first-order chi connectivity index (χ1) is 11.7. The minimum Gasteiger partial charge on any atom is -0.489 e. The van der Waals surface area contributed by atoms with Crippen molar-refractivity contribution in [3.8, 4) is 5.75 Å². The van der Waals surface area contributed by atoms with E-state index >= 15 is 0 Å². The Hall–Kier alpha value is -2.27. The molecule has 1 aliphatic rings. The van der Waals surface area contributed by atoms with E-state index in [1.54, 1.807) is 23.2 Å². The maximum Gasteiger partial charge on any atom is 0.410 e. The molecule has 2 heterocycles. The maximum atomic E-state index is 12.1. The SMILES string of the molecule is O=C(OCc1ccccc1)N1CCC(Oc2ccc(Cl)nc2)CC1. The van der Waals surface area contributed by atoms with Gasteiger partial charge in [-0.1, -0.05) is 41.9 Å². The fourth-order valence-corrected chi connectivity index (χ4v) is 2.70. The van der Waals surface area contributed by atoms with Crippen LogP contribution in [-0.4, -0.2) is 35.2 Å². The maximum absolute atomic E-state index is 12.1. The normalized spacial score (nSPS) is 15.1. The third-order valence-electron chi connectivity index (χ3n) is 3.91. The van der Waals surface area contributed by atoms with Gasteiger partial charge in [0, 0.05) is 25.9 Å². The van der Waals surface area contributed by atoms with Crippen LogP contribution < -0.4 is 4.74 Å². The number of likely N-dealkylation sites (tertiary alicyclic amines) is 1. The lowest BCUT2D eigenvalue weighted by molar-refractivity contribution is 0.0637. The Morgan fingerprint density at radius 1 is 1.17 bits per heavy atom. The lowest BCUT2D eigenvalue weighted by atomic mass is 10.1. The highest BCUT2D eigenvalue weighted by molar-refractivity contribution is 6.29. The summed E-state index contributed by atoms with van der Waals surface area (Å²) in [6.07, 6.45) is 2.95. The number of carbonyl (C=O) groups is 1. The van der Waals surface area contributed by atoms with Crippen LogP contribution in [0.1, 0.15) is 18.4 Å². The average molecular weight is 347 g/mol. The Morgan fingerprint density at radius 2 is 1.92 bits per heavy atom. The van der Waals surface area contributed by atoms with Crippen LogP contribution in [-0.2, 0) is 11.3 Å². The summed E-state index contributed by atoms with van der Waals surface area (Å²) in [5, 5.41) is 0.443. The molecule has 3 rings (SSSR count). The summed E-state index contributed by atoms with van der Waals surface area (Å²) in [6, 6.07) is 13.2. The predicted molar refractivity (Wildman–Crippen MR) is 91.1 cm³/mol. The quantitative estimate of drug-likeness (QED) is 0.787. The largest absolute Gasteiger partial charge is 0.489 e. The molecule has 5 nitrogen and oxygen atoms in total. The van der Waals surface area contributed by atoms with Crippen molar-refractivity contribution >= 4 is 17.7 Å². The number of hydrogen-bond acceptors (Lipinski definition) is 4. The summed E-state index contributed by atoms with van der Waals surface area (Å²) >= 11 is 5.76. The Labute approximate surface area is 146 Å². The highest BCUT2D eigenvalue weighted by Crippen LogP contribution is 2.20. The molecule has 1 fully saturated rings. The highest BCUT2D eigenvalue weighted by atomic mass is 35.5. The Bertz CT molecular complexity index is 656. The summed E-state index contributed by atoms with van der Waals surface area (Å²) in [5.41, 5.74) is 0.985. The molecule has 126 valence electrons. The second-order valence-corrected chi connectivity index (χ2v) is 6.05. The van der Waals surface area contributed by atoms with Gasteiger partial charge < -0.3 is 14.4 Å². The Morgan fingerprint density at radius 3 is 2.58 bits per heavy atom. The molecule has 2 aromatic rings. The number of ether oxygens (including phenoxy) is 2. The van der Waals surface area contributed by atoms with Crippen molar-refractivity contribution in [2.24, 2.45) is 0 Å². The third-order valence-corrected chi connectivity index (χ3v) is 4.13. The van der Waals surface area contributed by atoms with Crippen molar-refractivity contribution < 1.29 is 14.3 Å². The van der Waals surface area contributed by atoms with E-state index in [0.29, 0.717) is 30.6 Å². The monoisotopic (exact) mass is 346 g/mol. The lowest BCUT2D eigenvalue weighted by Crippen LogP contribution is -2.42. The van der Waals surface area contributed by atoms with Gasteiger partial charge in [0.05, 0.1) is 6.20 Å². The number of benzene rings is 1. The van der Waals surface area contributed by atoms with Crippen LogP contribution in [0.3, 0.4) is 0 Å². The van der Waals surface area contributed by atoms with Crippen LogP contribution in [0.25, 0.3) is 0 Å². The van der Waals surface area contributed by atoms with Crippen LogP contribution >= 0.6 is 11.6 Å². The second-order valence-electron chi connectivity index (χ2n) is 5.66. The molecule has 6 heteroatoms. The minimum absolute atomic E-state index is 0.0751. The molecule has 0 bridgehead atoms. The van der Waals surface area contributed by atoms with Crippen molar-refractivity contribution in [2.75, 3.05) is 13.1 Å². The van der Waals surface area contributed by atoms with E-state index in [1.165, 1.54) is 0 Å². The van der Waals surface area contributed by atoms with Gasteiger partial charge in [-0.05, 0) is 17.7 Å². The van der Waals surface area contributed by atoms with Gasteiger partial charge in [-0.15, -0.1) is 0 Å². The third kappa shape index (κ3) is 4.61. The lowest BCUT2D eigenvalue weighted by Gasteiger charge is -2.31. The van der Waals surface area contributed by atoms with Crippen molar-refractivity contribution in [1.82, 2.24) is 9.88 Å². The predicted octanol–water partition coefficient (Wildman–Crippen LogP) is 3.92. The van der Waals surface area contributed by atoms with Crippen molar-refractivity contribution in [2.45, 2.75) is 25.6 Å². The fraction of sp³-hybridized carbons (Fsp3) is 0.333. The van der Waals surface area contributed by atoms with Gasteiger partial charge in [0.25, 0.3) is 0 Å². The zero-order chi connectivity index (χ0) is 16.8. The van der Waals surface area contributed by atoms with Gasteiger partial charge >= 0.3 is 6.09 Å². The van der Waals surface area contributed by atoms with Crippen LogP contribution in [0.2, 0.25) is 5.15 Å². The molecule has 0 spiro atoms. The smallest absolute Gasteiger partial charge is 0.410 e. The number of amides is 1. The summed E-state index contributed by atoms with van der Waals surface area (Å²) in [4.78, 5) is 17.8. The van der Waals surface area contributed by atoms with Crippen LogP contribution in [0, 0.1) is 0 Å². The van der Waals surface area contributed by atoms with E-state index < -0.39 is 0 Å². The number of hydrogen-bond donors (Lipinski definition) is 0. The summed E-state index contributed by atoms with van der Waals surface area (Å²) in [5.74, 6) is 0.699. The number of pyridine rings is 1. The van der Waals surface area contributed by atoms with Crippen LogP contribution in [0.5, 0.6) is 5.75 Å². The Kier molecular flexibility index (Phi) is 5.54. The summed E-state index contributed by atoms with van der Waals surface area (Å²) < 4.78 is 11.2. The van der Waals surface area contributed by atoms with Gasteiger partial charge in [0.1, 0.15) is 23.6 Å². The Balaban J connectivity index is 1.42. The highest BCUT2D eigenvalue weighted by Gasteiger charge is 2.24. The first-order valence-electron chi connectivity index (χ1n) is 7.94. The molecule has 1 aromatic heterocycles. The van der Waals surface area contributed by atoms with E-state index in [2.05, 4.69) is 4.98 Å². The van der Waals surface area contributed by atoms with E-state index in [0.717, 1.165) is 18.4 Å². The summed E-state index contributed by atoms with van der Waals surface area (Å²) in [6.45, 7) is 1.55. The number of carbonyl (C=O) groups excluding carboxylic acids is 1. The number of aromatic nitrogens is 1. The van der Waals surface area contributed by atoms with Gasteiger partial charge in [0.15, 0.2) is 0 Å². The number of nitrogens with zero attached hydrogens (tertiary/aromatic N) is 2. The molecular formula is C18H19ClN2O3. The van der Waals surface area contributed by atoms with E-state index in [1.807, 2.05) is 30.3 Å². The van der Waals surface area contributed by atoms with E-state index in [9.17, 15) is 4.79 Å². The molecule has 0 radical (unpaired) electrons. The first kappa shape index (κ1) is 16.6. The van der Waals surface area contributed by atoms with E-state index in [-0.39, 0.29) is 12.2 Å². The van der Waals surface area contributed by atoms with Crippen molar-refractivity contribution in [3.05, 3.63) is 59.4 Å². The average Bonchev–Trinajstić information content (AvgIpc) is 2.63.